The Labute approximate surface area is 653 Å². The van der Waals surface area contributed by atoms with Crippen LogP contribution in [-0.4, -0.2) is 59.8 Å². The smallest absolute Gasteiger partial charge is 0.142 e. The summed E-state index contributed by atoms with van der Waals surface area (Å²) in [4.78, 5) is 58.1. The van der Waals surface area contributed by atoms with Crippen LogP contribution >= 0.6 is 164 Å². The zero-order chi connectivity index (χ0) is 72.6. The second-order valence-corrected chi connectivity index (χ2v) is 36.4. The maximum atomic E-state index is 13.1. The molecule has 0 aromatic carbocycles. The molecule has 0 N–H and O–H groups in total. The zero-order valence-electron chi connectivity index (χ0n) is 57.3. The monoisotopic (exact) mass is 1830 g/mol. The molecule has 2 unspecified atom stereocenters. The predicted molar refractivity (Wildman–Crippen MR) is 430 cm³/mol. The van der Waals surface area contributed by atoms with E-state index in [1.165, 1.54) is 61.2 Å². The molecule has 12 aromatic rings. The highest BCUT2D eigenvalue weighted by atomic mass is 79.9. The molecule has 0 saturated heterocycles. The number of aromatic nitrogens is 12. The zero-order valence-corrected chi connectivity index (χ0v) is 71.7. The van der Waals surface area contributed by atoms with Crippen LogP contribution in [-0.2, 0) is 10.8 Å². The fourth-order valence-electron chi connectivity index (χ4n) is 8.46. The molecule has 99 heavy (non-hydrogen) atoms. The van der Waals surface area contributed by atoms with Crippen LogP contribution in [0.5, 0.6) is 0 Å². The molecule has 0 fully saturated rings. The molecule has 2 atom stereocenters. The molecule has 0 spiro atoms. The standard InChI is InChI=1S/C13H14BrFN2S.C13H15BrN2S.C12H12BrFN2S.C12H13BrN2S.C11H10BrFN2S.C11H11BrN2S/c1-7(2)8(3)11-12(14)17-13(18-11)9-4-10(15)6-16-5-9;1-8(2)9(3)11-12(14)16-13(17-11)10-5-4-6-15-7-10;1-12(2,3)9-10(13)16-11(17-9)7-4-8(14)6-15-5-7;1-12(2,3)9-10(13)15-11(16-9)8-5-4-6-14-7-8;1-6(2)9-10(12)15-11(16-9)7-3-8(13)5-14-4-7;1-7(2)9-10(12)14-11(15-9)8-4-3-5-13-6-8/h4-8H,1-3H3;4-9H,1-3H3;4-6H,1-3H3;4-7H,1-3H3;3-6H,1-2H3;3-7H,1-2H3. The van der Waals surface area contributed by atoms with Crippen molar-refractivity contribution in [1.82, 2.24) is 59.8 Å². The summed E-state index contributed by atoms with van der Waals surface area (Å²) in [5.41, 5.74) is 5.54. The maximum absolute atomic E-state index is 13.1. The van der Waals surface area contributed by atoms with Crippen LogP contribution in [0.2, 0.25) is 0 Å². The number of hydrogen-bond acceptors (Lipinski definition) is 18. The number of rotatable bonds is 12. The van der Waals surface area contributed by atoms with E-state index < -0.39 is 0 Å². The van der Waals surface area contributed by atoms with E-state index >= 15 is 0 Å². The molecule has 0 bridgehead atoms. The molecule has 0 radical (unpaired) electrons. The summed E-state index contributed by atoms with van der Waals surface area (Å²) >= 11 is 30.9. The van der Waals surface area contributed by atoms with E-state index in [2.05, 4.69) is 266 Å². The second kappa shape index (κ2) is 37.7. The van der Waals surface area contributed by atoms with Crippen molar-refractivity contribution < 1.29 is 13.2 Å². The molecule has 27 heteroatoms. The molecular weight excluding hydrogens is 1760 g/mol. The third-order valence-electron chi connectivity index (χ3n) is 14.4. The number of pyridine rings is 6. The molecule has 522 valence electrons. The molecule has 0 aliphatic heterocycles. The van der Waals surface area contributed by atoms with Crippen molar-refractivity contribution in [2.45, 2.75) is 145 Å². The highest BCUT2D eigenvalue weighted by Crippen LogP contribution is 2.43. The Morgan fingerprint density at radius 1 is 0.313 bits per heavy atom. The number of hydrogen-bond donors (Lipinski definition) is 0. The van der Waals surface area contributed by atoms with Gasteiger partial charge in [-0.05, 0) is 197 Å². The highest BCUT2D eigenvalue weighted by Gasteiger charge is 2.25. The summed E-state index contributed by atoms with van der Waals surface area (Å²) in [6.07, 6.45) is 19.3. The highest BCUT2D eigenvalue weighted by molar-refractivity contribution is 9.11. The normalized spacial score (nSPS) is 12.0. The van der Waals surface area contributed by atoms with E-state index in [0.717, 1.165) is 90.4 Å². The SMILES string of the molecule is CC(C)(C)c1sc(-c2cccnc2)nc1Br.CC(C)(C)c1sc(-c2cncc(F)c2)nc1Br.CC(C)C(C)c1sc(-c2cccnc2)nc1Br.CC(C)C(C)c1sc(-c2cncc(F)c2)nc1Br.CC(C)c1sc(-c2cccnc2)nc1Br.CC(C)c1sc(-c2cncc(F)c2)nc1Br. The van der Waals surface area contributed by atoms with Crippen molar-refractivity contribution in [3.05, 3.63) is 203 Å². The van der Waals surface area contributed by atoms with Gasteiger partial charge in [-0.25, -0.2) is 43.1 Å². The van der Waals surface area contributed by atoms with Gasteiger partial charge in [0.15, 0.2) is 0 Å². The summed E-state index contributed by atoms with van der Waals surface area (Å²) in [7, 11) is 0. The van der Waals surface area contributed by atoms with Crippen molar-refractivity contribution >= 4 is 164 Å². The van der Waals surface area contributed by atoms with Crippen LogP contribution < -0.4 is 0 Å². The van der Waals surface area contributed by atoms with Gasteiger partial charge in [0.25, 0.3) is 0 Å². The quantitative estimate of drug-likeness (QED) is 0.114. The lowest BCUT2D eigenvalue weighted by atomic mass is 9.96. The Balaban J connectivity index is 0.000000167. The van der Waals surface area contributed by atoms with Gasteiger partial charge >= 0.3 is 0 Å². The lowest BCUT2D eigenvalue weighted by molar-refractivity contribution is 0.540. The molecular formula is C72H75Br6F3N12S6. The first-order valence-electron chi connectivity index (χ1n) is 31.2. The molecule has 12 heterocycles. The Morgan fingerprint density at radius 3 is 0.788 bits per heavy atom. The molecule has 12 aromatic heterocycles. The van der Waals surface area contributed by atoms with Gasteiger partial charge in [0.05, 0.1) is 18.6 Å². The minimum absolute atomic E-state index is 0.0233. The topological polar surface area (TPSA) is 155 Å². The summed E-state index contributed by atoms with van der Waals surface area (Å²) in [5.74, 6) is 2.00. The summed E-state index contributed by atoms with van der Waals surface area (Å²) in [5, 5.41) is 5.46. The van der Waals surface area contributed by atoms with Crippen molar-refractivity contribution in [2.24, 2.45) is 11.8 Å². The van der Waals surface area contributed by atoms with Gasteiger partial charge in [0, 0.05) is 118 Å². The van der Waals surface area contributed by atoms with E-state index in [9.17, 15) is 13.2 Å². The molecule has 0 amide bonds. The lowest BCUT2D eigenvalue weighted by Crippen LogP contribution is -2.09. The van der Waals surface area contributed by atoms with Crippen LogP contribution in [0.15, 0.2) is 157 Å². The average Bonchev–Trinajstić information content (AvgIpc) is 1.72. The maximum Gasteiger partial charge on any atom is 0.142 e. The Hall–Kier alpha value is -4.65. The summed E-state index contributed by atoms with van der Waals surface area (Å²) in [6.45, 7) is 34.8. The summed E-state index contributed by atoms with van der Waals surface area (Å²) in [6, 6.07) is 16.3. The van der Waals surface area contributed by atoms with E-state index in [1.54, 1.807) is 105 Å². The Morgan fingerprint density at radius 2 is 0.556 bits per heavy atom. The Bertz CT molecular complexity index is 4510. The van der Waals surface area contributed by atoms with Crippen LogP contribution in [0.1, 0.15) is 164 Å². The number of halogens is 9. The van der Waals surface area contributed by atoms with Crippen LogP contribution in [0.4, 0.5) is 13.2 Å². The third kappa shape index (κ3) is 23.7. The fourth-order valence-corrected chi connectivity index (χ4v) is 20.7. The van der Waals surface area contributed by atoms with Gasteiger partial charge < -0.3 is 0 Å². The van der Waals surface area contributed by atoms with Crippen LogP contribution in [0.25, 0.3) is 63.4 Å². The minimum atomic E-state index is -0.342. The van der Waals surface area contributed by atoms with Gasteiger partial charge in [0.1, 0.15) is 75.1 Å². The van der Waals surface area contributed by atoms with Crippen molar-refractivity contribution in [3.63, 3.8) is 0 Å². The first-order valence-corrected chi connectivity index (χ1v) is 40.9. The first-order chi connectivity index (χ1) is 46.7. The lowest BCUT2D eigenvalue weighted by Gasteiger charge is -2.15. The first kappa shape index (κ1) is 81.6. The van der Waals surface area contributed by atoms with E-state index in [-0.39, 0.29) is 28.3 Å². The van der Waals surface area contributed by atoms with Gasteiger partial charge in [-0.15, -0.1) is 68.0 Å². The van der Waals surface area contributed by atoms with Gasteiger partial charge in [-0.2, -0.15) is 0 Å². The number of nitrogens with zero attached hydrogens (tertiary/aromatic N) is 12. The molecule has 0 saturated carbocycles. The second-order valence-electron chi connectivity index (χ2n) is 25.7. The number of thiazole rings is 6. The predicted octanol–water partition coefficient (Wildman–Crippen LogP) is 26.6. The van der Waals surface area contributed by atoms with Crippen LogP contribution in [0, 0.1) is 29.3 Å². The van der Waals surface area contributed by atoms with Crippen molar-refractivity contribution in [2.75, 3.05) is 0 Å². The molecule has 12 nitrogen and oxygen atoms in total. The van der Waals surface area contributed by atoms with Gasteiger partial charge in [-0.1, -0.05) is 111 Å². The molecule has 12 rings (SSSR count). The fraction of sp³-hybridized carbons (Fsp3) is 0.333. The van der Waals surface area contributed by atoms with Crippen LogP contribution in [0.3, 0.4) is 0 Å². The van der Waals surface area contributed by atoms with Gasteiger partial charge in [0.2, 0.25) is 0 Å². The molecule has 0 aliphatic rings. The average molecular weight is 1840 g/mol. The van der Waals surface area contributed by atoms with E-state index in [0.29, 0.717) is 41.1 Å². The minimum Gasteiger partial charge on any atom is -0.264 e. The van der Waals surface area contributed by atoms with E-state index in [4.69, 9.17) is 0 Å². The van der Waals surface area contributed by atoms with Crippen molar-refractivity contribution in [1.29, 1.82) is 0 Å². The van der Waals surface area contributed by atoms with E-state index in [1.807, 2.05) is 55.0 Å². The summed E-state index contributed by atoms with van der Waals surface area (Å²) < 4.78 is 44.7. The Kier molecular flexibility index (Phi) is 31.1. The van der Waals surface area contributed by atoms with Crippen molar-refractivity contribution in [3.8, 4) is 63.4 Å². The largest absolute Gasteiger partial charge is 0.264 e. The van der Waals surface area contributed by atoms with Gasteiger partial charge in [-0.3, -0.25) is 29.9 Å². The third-order valence-corrected chi connectivity index (χ3v) is 28.1. The molecule has 0 aliphatic carbocycles.